The van der Waals surface area contributed by atoms with Crippen LogP contribution >= 0.6 is 0 Å². The standard InChI is InChI=1S/C37H45N3O6/c1-37(2,3)40(36(44)45)31(22-27-15-8-5-9-16-27)33(42)24-38-23-32(41)30(21-26-13-6-4-7-14-26)39-35(43)25-46-34-20-12-18-28-17-10-11-19-29(28)34/h4-20,30-33,38,41-42H,21-25H2,1-3H3,(H,39,43)(H,44,45)/p-1/t30-,31-,32+,33+/m0/s1. The average molecular weight is 627 g/mol. The van der Waals surface area contributed by atoms with E-state index in [0.29, 0.717) is 12.2 Å². The number of nitrogens with zero attached hydrogens (tertiary/aromatic N) is 1. The molecule has 0 unspecified atom stereocenters. The largest absolute Gasteiger partial charge is 0.530 e. The van der Waals surface area contributed by atoms with Crippen LogP contribution in [0.25, 0.3) is 10.8 Å². The number of hydrogen-bond donors (Lipinski definition) is 4. The predicted molar refractivity (Wildman–Crippen MR) is 177 cm³/mol. The highest BCUT2D eigenvalue weighted by Gasteiger charge is 2.34. The summed E-state index contributed by atoms with van der Waals surface area (Å²) in [5.41, 5.74) is 0.982. The van der Waals surface area contributed by atoms with Crippen LogP contribution in [0.5, 0.6) is 5.75 Å². The van der Waals surface area contributed by atoms with Gasteiger partial charge in [0.15, 0.2) is 6.61 Å². The molecule has 4 atom stereocenters. The van der Waals surface area contributed by atoms with Gasteiger partial charge in [0.2, 0.25) is 0 Å². The number of rotatable bonds is 15. The third kappa shape index (κ3) is 9.78. The van der Waals surface area contributed by atoms with E-state index in [0.717, 1.165) is 21.9 Å². The van der Waals surface area contributed by atoms with E-state index in [-0.39, 0.29) is 32.0 Å². The SMILES string of the molecule is CC(C)(C)N(C(=O)[O-])[C@@H](Cc1ccccc1)[C@H](O)CNC[C@@H](O)[C@H](Cc1ccccc1)NC(=O)COc1cccc2ccccc12. The molecule has 0 aliphatic rings. The summed E-state index contributed by atoms with van der Waals surface area (Å²) in [5, 5.41) is 42.7. The van der Waals surface area contributed by atoms with E-state index in [1.165, 1.54) is 4.90 Å². The highest BCUT2D eigenvalue weighted by Crippen LogP contribution is 2.25. The normalized spacial score (nSPS) is 14.2. The molecule has 0 fully saturated rings. The van der Waals surface area contributed by atoms with Crippen molar-refractivity contribution < 1.29 is 29.6 Å². The molecule has 0 aromatic heterocycles. The van der Waals surface area contributed by atoms with Gasteiger partial charge in [-0.05, 0) is 56.2 Å². The van der Waals surface area contributed by atoms with Gasteiger partial charge >= 0.3 is 0 Å². The molecule has 4 rings (SSSR count). The van der Waals surface area contributed by atoms with Crippen LogP contribution in [-0.2, 0) is 17.6 Å². The number of fused-ring (bicyclic) bond motifs is 1. The van der Waals surface area contributed by atoms with Crippen molar-refractivity contribution >= 4 is 22.8 Å². The number of aliphatic hydroxyl groups excluding tert-OH is 2. The van der Waals surface area contributed by atoms with Crippen molar-refractivity contribution in [1.82, 2.24) is 15.5 Å². The topological polar surface area (TPSA) is 134 Å². The number of benzene rings is 4. The number of carbonyl (C=O) groups is 2. The van der Waals surface area contributed by atoms with E-state index in [1.54, 1.807) is 20.8 Å². The third-order valence-electron chi connectivity index (χ3n) is 7.91. The van der Waals surface area contributed by atoms with Gasteiger partial charge < -0.3 is 40.4 Å². The lowest BCUT2D eigenvalue weighted by Gasteiger charge is -2.45. The van der Waals surface area contributed by atoms with Crippen LogP contribution in [0, 0.1) is 0 Å². The molecule has 0 aliphatic carbocycles. The van der Waals surface area contributed by atoms with Gasteiger partial charge in [-0.1, -0.05) is 97.1 Å². The fourth-order valence-corrected chi connectivity index (χ4v) is 5.68. The Balaban J connectivity index is 1.41. The van der Waals surface area contributed by atoms with Gasteiger partial charge in [-0.2, -0.15) is 0 Å². The first-order valence-electron chi connectivity index (χ1n) is 15.6. The molecule has 244 valence electrons. The Hall–Kier alpha value is -4.44. The number of hydrogen-bond acceptors (Lipinski definition) is 7. The average Bonchev–Trinajstić information content (AvgIpc) is 3.03. The first kappa shape index (κ1) is 34.4. The number of nitrogens with one attached hydrogen (secondary N) is 2. The Bertz CT molecular complexity index is 1540. The van der Waals surface area contributed by atoms with Crippen molar-refractivity contribution in [3.8, 4) is 5.75 Å². The Labute approximate surface area is 270 Å². The van der Waals surface area contributed by atoms with E-state index in [4.69, 9.17) is 4.74 Å². The second kappa shape index (κ2) is 16.2. The Morgan fingerprint density at radius 1 is 0.783 bits per heavy atom. The molecule has 0 bridgehead atoms. The molecule has 0 aliphatic heterocycles. The summed E-state index contributed by atoms with van der Waals surface area (Å²) in [4.78, 5) is 26.5. The van der Waals surface area contributed by atoms with Gasteiger partial charge in [0.1, 0.15) is 11.8 Å². The van der Waals surface area contributed by atoms with Gasteiger partial charge in [-0.25, -0.2) is 0 Å². The zero-order valence-corrected chi connectivity index (χ0v) is 26.6. The van der Waals surface area contributed by atoms with Crippen LogP contribution in [-0.4, -0.2) is 76.6 Å². The van der Waals surface area contributed by atoms with E-state index < -0.39 is 35.9 Å². The van der Waals surface area contributed by atoms with Crippen molar-refractivity contribution in [2.24, 2.45) is 0 Å². The first-order valence-corrected chi connectivity index (χ1v) is 15.6. The fourth-order valence-electron chi connectivity index (χ4n) is 5.68. The number of carbonyl (C=O) groups excluding carboxylic acids is 2. The molecule has 0 radical (unpaired) electrons. The maximum absolute atomic E-state index is 13.1. The molecule has 0 saturated heterocycles. The Morgan fingerprint density at radius 3 is 1.98 bits per heavy atom. The summed E-state index contributed by atoms with van der Waals surface area (Å²) in [5.74, 6) is 0.209. The molecule has 46 heavy (non-hydrogen) atoms. The summed E-state index contributed by atoms with van der Waals surface area (Å²) >= 11 is 0. The van der Waals surface area contributed by atoms with Crippen molar-refractivity contribution in [3.05, 3.63) is 114 Å². The van der Waals surface area contributed by atoms with Crippen LogP contribution in [0.4, 0.5) is 4.79 Å². The molecule has 9 heteroatoms. The summed E-state index contributed by atoms with van der Waals surface area (Å²) in [7, 11) is 0. The lowest BCUT2D eigenvalue weighted by Crippen LogP contribution is -2.62. The van der Waals surface area contributed by atoms with Gasteiger partial charge in [-0.3, -0.25) is 4.79 Å². The van der Waals surface area contributed by atoms with Gasteiger partial charge in [0, 0.05) is 24.0 Å². The molecule has 0 saturated carbocycles. The molecule has 2 amide bonds. The number of amides is 2. The molecule has 4 N–H and O–H groups in total. The quantitative estimate of drug-likeness (QED) is 0.159. The van der Waals surface area contributed by atoms with Gasteiger partial charge in [0.25, 0.3) is 5.91 Å². The van der Waals surface area contributed by atoms with Crippen molar-refractivity contribution in [2.75, 3.05) is 19.7 Å². The van der Waals surface area contributed by atoms with Gasteiger partial charge in [0.05, 0.1) is 24.3 Å². The fraction of sp³-hybridized carbons (Fsp3) is 0.351. The smallest absolute Gasteiger partial charge is 0.258 e. The van der Waals surface area contributed by atoms with Crippen molar-refractivity contribution in [1.29, 1.82) is 0 Å². The Kier molecular flexibility index (Phi) is 12.1. The van der Waals surface area contributed by atoms with E-state index >= 15 is 0 Å². The minimum atomic E-state index is -1.37. The molecule has 4 aromatic rings. The number of carboxylic acid groups (broad SMARTS) is 1. The highest BCUT2D eigenvalue weighted by atomic mass is 16.5. The third-order valence-corrected chi connectivity index (χ3v) is 7.91. The van der Waals surface area contributed by atoms with Crippen LogP contribution in [0.2, 0.25) is 0 Å². The van der Waals surface area contributed by atoms with Crippen LogP contribution < -0.4 is 20.5 Å². The molecular weight excluding hydrogens is 582 g/mol. The summed E-state index contributed by atoms with van der Waals surface area (Å²) in [6.07, 6.45) is -2.86. The molecule has 4 aromatic carbocycles. The minimum absolute atomic E-state index is 0.00458. The number of ether oxygens (including phenoxy) is 1. The maximum atomic E-state index is 13.1. The first-order chi connectivity index (χ1) is 22.0. The summed E-state index contributed by atoms with van der Waals surface area (Å²) in [6.45, 7) is 5.08. The second-order valence-corrected chi connectivity index (χ2v) is 12.5. The van der Waals surface area contributed by atoms with Crippen molar-refractivity contribution in [2.45, 2.75) is 63.4 Å². The summed E-state index contributed by atoms with van der Waals surface area (Å²) in [6, 6.07) is 30.8. The van der Waals surface area contributed by atoms with E-state index in [1.807, 2.05) is 103 Å². The van der Waals surface area contributed by atoms with Crippen LogP contribution in [0.3, 0.4) is 0 Å². The van der Waals surface area contributed by atoms with E-state index in [2.05, 4.69) is 10.6 Å². The maximum Gasteiger partial charge on any atom is 0.258 e. The molecule has 0 heterocycles. The van der Waals surface area contributed by atoms with Crippen LogP contribution in [0.15, 0.2) is 103 Å². The van der Waals surface area contributed by atoms with Crippen LogP contribution in [0.1, 0.15) is 31.9 Å². The number of aliphatic hydroxyl groups is 2. The second-order valence-electron chi connectivity index (χ2n) is 12.5. The zero-order valence-electron chi connectivity index (χ0n) is 26.6. The predicted octanol–water partition coefficient (Wildman–Crippen LogP) is 3.31. The Morgan fingerprint density at radius 2 is 1.35 bits per heavy atom. The monoisotopic (exact) mass is 626 g/mol. The molecule has 0 spiro atoms. The van der Waals surface area contributed by atoms with E-state index in [9.17, 15) is 24.9 Å². The zero-order chi connectivity index (χ0) is 33.1. The van der Waals surface area contributed by atoms with Crippen molar-refractivity contribution in [3.63, 3.8) is 0 Å². The summed E-state index contributed by atoms with van der Waals surface area (Å²) < 4.78 is 5.87. The highest BCUT2D eigenvalue weighted by molar-refractivity contribution is 5.88. The molecular formula is C37H44N3O6-. The lowest BCUT2D eigenvalue weighted by molar-refractivity contribution is -0.275. The lowest BCUT2D eigenvalue weighted by atomic mass is 9.94. The minimum Gasteiger partial charge on any atom is -0.530 e. The molecule has 9 nitrogen and oxygen atoms in total. The van der Waals surface area contributed by atoms with Gasteiger partial charge in [-0.15, -0.1) is 0 Å².